The minimum atomic E-state index is 0. The first-order chi connectivity index (χ1) is 16.1. The first-order valence-corrected chi connectivity index (χ1v) is 13.1. The van der Waals surface area contributed by atoms with Crippen LogP contribution < -0.4 is 14.8 Å². The lowest BCUT2D eigenvalue weighted by atomic mass is 10.2. The Morgan fingerprint density at radius 1 is 0.829 bits per heavy atom. The number of hydrogen-bond acceptors (Lipinski definition) is 4. The molecule has 0 aliphatic carbocycles. The summed E-state index contributed by atoms with van der Waals surface area (Å²) in [6, 6.07) is 11.6. The van der Waals surface area contributed by atoms with Crippen LogP contribution in [0.4, 0.5) is 0 Å². The van der Waals surface area contributed by atoms with Crippen LogP contribution in [0.25, 0.3) is 0 Å². The van der Waals surface area contributed by atoms with Crippen LogP contribution in [-0.2, 0) is 13.2 Å². The molecule has 0 bridgehead atoms. The van der Waals surface area contributed by atoms with Crippen LogP contribution in [0.3, 0.4) is 0 Å². The molecule has 0 aliphatic heterocycles. The smallest absolute Gasteiger partial charge is 0.180 e. The molecule has 0 amide bonds. The minimum Gasteiger partial charge on any atom is -0.490 e. The molecule has 0 atom stereocenters. The van der Waals surface area contributed by atoms with Crippen molar-refractivity contribution in [1.29, 1.82) is 0 Å². The molecule has 35 heavy (non-hydrogen) atoms. The summed E-state index contributed by atoms with van der Waals surface area (Å²) in [6.07, 6.45) is 6.20. The first kappa shape index (κ1) is 34.1. The van der Waals surface area contributed by atoms with Crippen LogP contribution in [0, 0.1) is 0 Å². The number of benzene rings is 2. The summed E-state index contributed by atoms with van der Waals surface area (Å²) < 4.78 is 11.8. The number of rotatable bonds is 17. The van der Waals surface area contributed by atoms with Crippen molar-refractivity contribution < 1.29 is 9.47 Å². The van der Waals surface area contributed by atoms with Crippen LogP contribution in [0.15, 0.2) is 36.4 Å². The zero-order chi connectivity index (χ0) is 23.9. The van der Waals surface area contributed by atoms with Gasteiger partial charge in [-0.15, -0.1) is 24.8 Å². The summed E-state index contributed by atoms with van der Waals surface area (Å²) in [5.41, 5.74) is 2.00. The fourth-order valence-electron chi connectivity index (χ4n) is 3.65. The van der Waals surface area contributed by atoms with E-state index in [1.807, 2.05) is 43.3 Å². The number of ether oxygens (including phenoxy) is 2. The molecule has 0 aromatic heterocycles. The van der Waals surface area contributed by atoms with Gasteiger partial charge in [-0.1, -0.05) is 68.1 Å². The van der Waals surface area contributed by atoms with Gasteiger partial charge in [-0.3, -0.25) is 0 Å². The predicted molar refractivity (Wildman–Crippen MR) is 155 cm³/mol. The molecule has 0 radical (unpaired) electrons. The highest BCUT2D eigenvalue weighted by Gasteiger charge is 2.14. The average Bonchev–Trinajstić information content (AvgIpc) is 2.80. The molecule has 4 nitrogen and oxygen atoms in total. The molecular weight excluding hydrogens is 526 g/mol. The molecule has 0 saturated carbocycles. The van der Waals surface area contributed by atoms with Crippen molar-refractivity contribution in [3.8, 4) is 11.5 Å². The molecule has 2 aromatic carbocycles. The van der Waals surface area contributed by atoms with Crippen LogP contribution in [0.1, 0.15) is 64.0 Å². The van der Waals surface area contributed by atoms with Crippen molar-refractivity contribution in [1.82, 2.24) is 10.2 Å². The predicted octanol–water partition coefficient (Wildman–Crippen LogP) is 8.20. The lowest BCUT2D eigenvalue weighted by Gasteiger charge is -2.22. The van der Waals surface area contributed by atoms with Crippen LogP contribution >= 0.6 is 48.0 Å². The third-order valence-corrected chi connectivity index (χ3v) is 6.16. The Morgan fingerprint density at radius 3 is 2.11 bits per heavy atom. The second-order valence-corrected chi connectivity index (χ2v) is 9.11. The van der Waals surface area contributed by atoms with Crippen LogP contribution in [0.5, 0.6) is 11.5 Å². The summed E-state index contributed by atoms with van der Waals surface area (Å²) in [7, 11) is 0. The van der Waals surface area contributed by atoms with Gasteiger partial charge in [-0.2, -0.15) is 0 Å². The number of unbranched alkanes of at least 4 members (excludes halogenated alkanes) is 2. The van der Waals surface area contributed by atoms with Gasteiger partial charge >= 0.3 is 0 Å². The van der Waals surface area contributed by atoms with Gasteiger partial charge in [0.25, 0.3) is 0 Å². The van der Waals surface area contributed by atoms with Crippen molar-refractivity contribution in [2.75, 3.05) is 32.8 Å². The van der Waals surface area contributed by atoms with Gasteiger partial charge in [0, 0.05) is 17.1 Å². The van der Waals surface area contributed by atoms with E-state index in [-0.39, 0.29) is 24.8 Å². The van der Waals surface area contributed by atoms with E-state index in [0.717, 1.165) is 37.2 Å². The number of halogens is 4. The summed E-state index contributed by atoms with van der Waals surface area (Å²) in [5.74, 6) is 1.23. The molecule has 2 rings (SSSR count). The number of nitrogens with zero attached hydrogens (tertiary/aromatic N) is 1. The van der Waals surface area contributed by atoms with E-state index in [1.54, 1.807) is 0 Å². The number of nitrogens with one attached hydrogen (secondary N) is 1. The molecule has 8 heteroatoms. The van der Waals surface area contributed by atoms with Gasteiger partial charge in [0.05, 0.1) is 11.6 Å². The summed E-state index contributed by atoms with van der Waals surface area (Å²) in [5, 5.41) is 4.78. The molecule has 0 saturated heterocycles. The Kier molecular flexibility index (Phi) is 19.7. The van der Waals surface area contributed by atoms with E-state index >= 15 is 0 Å². The van der Waals surface area contributed by atoms with Gasteiger partial charge in [0.1, 0.15) is 6.61 Å². The second-order valence-electron chi connectivity index (χ2n) is 8.30. The Bertz CT molecular complexity index is 816. The van der Waals surface area contributed by atoms with Crippen LogP contribution in [-0.4, -0.2) is 37.7 Å². The van der Waals surface area contributed by atoms with E-state index in [0.29, 0.717) is 34.8 Å². The highest BCUT2D eigenvalue weighted by molar-refractivity contribution is 6.32. The molecular formula is C27H42Cl4N2O2. The molecule has 1 N–H and O–H groups in total. The summed E-state index contributed by atoms with van der Waals surface area (Å²) >= 11 is 12.8. The quantitative estimate of drug-likeness (QED) is 0.195. The maximum atomic E-state index is 6.58. The van der Waals surface area contributed by atoms with E-state index < -0.39 is 0 Å². The largest absolute Gasteiger partial charge is 0.490 e. The number of hydrogen-bond donors (Lipinski definition) is 1. The molecule has 2 aromatic rings. The third kappa shape index (κ3) is 12.8. The van der Waals surface area contributed by atoms with E-state index in [1.165, 1.54) is 38.8 Å². The monoisotopic (exact) mass is 566 g/mol. The maximum Gasteiger partial charge on any atom is 0.180 e. The zero-order valence-corrected chi connectivity index (χ0v) is 24.4. The topological polar surface area (TPSA) is 33.7 Å². The minimum absolute atomic E-state index is 0. The Balaban J connectivity index is 0.00000578. The molecule has 0 fully saturated rings. The van der Waals surface area contributed by atoms with E-state index in [9.17, 15) is 0 Å². The van der Waals surface area contributed by atoms with Gasteiger partial charge in [-0.05, 0) is 76.1 Å². The molecule has 200 valence electrons. The van der Waals surface area contributed by atoms with Gasteiger partial charge in [-0.25, -0.2) is 0 Å². The third-order valence-electron chi connectivity index (χ3n) is 5.51. The Labute approximate surface area is 234 Å². The van der Waals surface area contributed by atoms with Gasteiger partial charge in [0.15, 0.2) is 11.5 Å². The second kappa shape index (κ2) is 20.2. The standard InChI is InChI=1S/C27H40Cl2N2O2.2ClH/c1-4-7-15-31(16-8-5-2)17-11-14-30-20-22-18-25(29)27(26(19-22)32-6-3)33-21-23-12-9-10-13-24(23)28;;/h9-10,12-13,18-19,30H,4-8,11,14-17,20-21H2,1-3H3;2*1H. The fourth-order valence-corrected chi connectivity index (χ4v) is 4.13. The highest BCUT2D eigenvalue weighted by atomic mass is 35.5. The maximum absolute atomic E-state index is 6.58. The molecule has 0 spiro atoms. The first-order valence-electron chi connectivity index (χ1n) is 12.3. The Morgan fingerprint density at radius 2 is 1.49 bits per heavy atom. The normalized spacial score (nSPS) is 10.6. The molecule has 0 heterocycles. The van der Waals surface area contributed by atoms with Gasteiger partial charge < -0.3 is 19.7 Å². The molecule has 0 unspecified atom stereocenters. The highest BCUT2D eigenvalue weighted by Crippen LogP contribution is 2.37. The van der Waals surface area contributed by atoms with Crippen LogP contribution in [0.2, 0.25) is 10.0 Å². The van der Waals surface area contributed by atoms with Crippen molar-refractivity contribution in [3.05, 3.63) is 57.6 Å². The average molecular weight is 568 g/mol. The lowest BCUT2D eigenvalue weighted by Crippen LogP contribution is -2.29. The van der Waals surface area contributed by atoms with Crippen molar-refractivity contribution in [3.63, 3.8) is 0 Å². The Hall–Kier alpha value is -0.880. The summed E-state index contributed by atoms with van der Waals surface area (Å²) in [4.78, 5) is 2.60. The SMILES string of the molecule is CCCCN(CCCC)CCCNCc1cc(Cl)c(OCc2ccccc2Cl)c(OCC)c1.Cl.Cl. The fraction of sp³-hybridized carbons (Fsp3) is 0.556. The molecule has 0 aliphatic rings. The lowest BCUT2D eigenvalue weighted by molar-refractivity contribution is 0.261. The van der Waals surface area contributed by atoms with E-state index in [4.69, 9.17) is 32.7 Å². The zero-order valence-electron chi connectivity index (χ0n) is 21.3. The van der Waals surface area contributed by atoms with E-state index in [2.05, 4.69) is 24.1 Å². The van der Waals surface area contributed by atoms with Crippen molar-refractivity contribution in [2.24, 2.45) is 0 Å². The van der Waals surface area contributed by atoms with Crippen molar-refractivity contribution >= 4 is 48.0 Å². The van der Waals surface area contributed by atoms with Crippen molar-refractivity contribution in [2.45, 2.75) is 66.0 Å². The van der Waals surface area contributed by atoms with Gasteiger partial charge in [0.2, 0.25) is 0 Å². The summed E-state index contributed by atoms with van der Waals surface area (Å²) in [6.45, 7) is 12.6.